The van der Waals surface area contributed by atoms with Crippen molar-refractivity contribution >= 4 is 40.5 Å². The van der Waals surface area contributed by atoms with Crippen molar-refractivity contribution in [2.45, 2.75) is 18.5 Å². The molecule has 1 saturated heterocycles. The Bertz CT molecular complexity index is 1390. The first-order valence-corrected chi connectivity index (χ1v) is 12.6. The van der Waals surface area contributed by atoms with Gasteiger partial charge >= 0.3 is 0 Å². The minimum Gasteiger partial charge on any atom is -0.495 e. The smallest absolute Gasteiger partial charge is 0.226 e. The van der Waals surface area contributed by atoms with Crippen molar-refractivity contribution in [2.24, 2.45) is 0 Å². The average molecular weight is 533 g/mol. The highest BCUT2D eigenvalue weighted by molar-refractivity contribution is 7.80. The molecule has 0 saturated carbocycles. The van der Waals surface area contributed by atoms with Gasteiger partial charge in [-0.15, -0.1) is 0 Å². The molecule has 0 bridgehead atoms. The second kappa shape index (κ2) is 11.0. The van der Waals surface area contributed by atoms with Crippen molar-refractivity contribution in [1.29, 1.82) is 0 Å². The second-order valence-electron chi connectivity index (χ2n) is 8.53. The zero-order chi connectivity index (χ0) is 25.8. The summed E-state index contributed by atoms with van der Waals surface area (Å²) in [6.45, 7) is 0.387. The number of furan rings is 1. The summed E-state index contributed by atoms with van der Waals surface area (Å²) in [5, 5.41) is 7.51. The van der Waals surface area contributed by atoms with E-state index in [2.05, 4.69) is 15.6 Å². The van der Waals surface area contributed by atoms with Crippen LogP contribution < -0.4 is 15.4 Å². The molecule has 3 heterocycles. The number of pyridine rings is 1. The van der Waals surface area contributed by atoms with Crippen molar-refractivity contribution in [3.8, 4) is 17.1 Å². The molecule has 1 aliphatic rings. The lowest BCUT2D eigenvalue weighted by Gasteiger charge is -2.26. The maximum absolute atomic E-state index is 12.9. The highest BCUT2D eigenvalue weighted by atomic mass is 35.5. The fourth-order valence-electron chi connectivity index (χ4n) is 4.42. The van der Waals surface area contributed by atoms with Gasteiger partial charge < -0.3 is 24.7 Å². The molecule has 1 fully saturated rings. The van der Waals surface area contributed by atoms with Gasteiger partial charge in [0.15, 0.2) is 5.11 Å². The third-order valence-electron chi connectivity index (χ3n) is 6.21. The molecular weight excluding hydrogens is 508 g/mol. The van der Waals surface area contributed by atoms with Crippen LogP contribution in [0.4, 0.5) is 5.69 Å². The molecule has 9 heteroatoms. The summed E-state index contributed by atoms with van der Waals surface area (Å²) in [5.41, 5.74) is 2.38. The quantitative estimate of drug-likeness (QED) is 0.269. The molecule has 2 aromatic heterocycles. The maximum Gasteiger partial charge on any atom is 0.226 e. The maximum atomic E-state index is 12.9. The van der Waals surface area contributed by atoms with Gasteiger partial charge in [0.25, 0.3) is 0 Å². The number of halogens is 1. The van der Waals surface area contributed by atoms with Crippen LogP contribution in [0.3, 0.4) is 0 Å². The Labute approximate surface area is 225 Å². The van der Waals surface area contributed by atoms with E-state index in [-0.39, 0.29) is 24.4 Å². The molecule has 7 nitrogen and oxygen atoms in total. The molecule has 0 aliphatic carbocycles. The van der Waals surface area contributed by atoms with Gasteiger partial charge in [-0.3, -0.25) is 9.78 Å². The van der Waals surface area contributed by atoms with Crippen LogP contribution in [0.1, 0.15) is 30.0 Å². The van der Waals surface area contributed by atoms with E-state index >= 15 is 0 Å². The zero-order valence-electron chi connectivity index (χ0n) is 20.1. The van der Waals surface area contributed by atoms with Crippen LogP contribution in [-0.4, -0.2) is 34.6 Å². The lowest BCUT2D eigenvalue weighted by molar-refractivity contribution is -0.116. The number of thiocarbonyl (C=S) groups is 1. The van der Waals surface area contributed by atoms with Gasteiger partial charge in [0, 0.05) is 29.7 Å². The van der Waals surface area contributed by atoms with Gasteiger partial charge in [-0.2, -0.15) is 0 Å². The van der Waals surface area contributed by atoms with E-state index in [1.165, 1.54) is 0 Å². The molecule has 2 atom stereocenters. The molecule has 37 heavy (non-hydrogen) atoms. The van der Waals surface area contributed by atoms with Crippen LogP contribution >= 0.6 is 23.8 Å². The van der Waals surface area contributed by atoms with E-state index in [1.807, 2.05) is 71.6 Å². The minimum absolute atomic E-state index is 0.145. The Kier molecular flexibility index (Phi) is 7.39. The average Bonchev–Trinajstić information content (AvgIpc) is 3.53. The number of hydrogen-bond acceptors (Lipinski definition) is 5. The minimum atomic E-state index is -0.289. The number of hydrogen-bond donors (Lipinski definition) is 2. The van der Waals surface area contributed by atoms with Gasteiger partial charge in [0.05, 0.1) is 24.5 Å². The Morgan fingerprint density at radius 1 is 1.11 bits per heavy atom. The van der Waals surface area contributed by atoms with Crippen LogP contribution in [0.15, 0.2) is 89.5 Å². The first kappa shape index (κ1) is 24.8. The van der Waals surface area contributed by atoms with Gasteiger partial charge in [0.2, 0.25) is 5.91 Å². The monoisotopic (exact) mass is 532 g/mol. The molecule has 0 spiro atoms. The number of nitrogens with zero attached hydrogens (tertiary/aromatic N) is 2. The molecule has 2 aromatic carbocycles. The van der Waals surface area contributed by atoms with Crippen molar-refractivity contribution in [3.63, 3.8) is 0 Å². The summed E-state index contributed by atoms with van der Waals surface area (Å²) in [7, 11) is 1.57. The summed E-state index contributed by atoms with van der Waals surface area (Å²) in [6.07, 6.45) is 1.97. The van der Waals surface area contributed by atoms with Crippen LogP contribution in [0.25, 0.3) is 11.3 Å². The molecular formula is C28H25ClN4O3S. The number of ether oxygens (including phenoxy) is 1. The zero-order valence-corrected chi connectivity index (χ0v) is 21.6. The van der Waals surface area contributed by atoms with Crippen LogP contribution in [0.5, 0.6) is 5.75 Å². The van der Waals surface area contributed by atoms with Gasteiger partial charge in [-0.1, -0.05) is 29.8 Å². The van der Waals surface area contributed by atoms with Crippen molar-refractivity contribution in [2.75, 3.05) is 19.0 Å². The van der Waals surface area contributed by atoms with Crippen molar-refractivity contribution in [3.05, 3.63) is 102 Å². The standard InChI is InChI=1S/C28H25ClN4O3S/c1-35-23-8-3-2-6-20(23)31-25(34)15-17-33-27(26(32-28(33)37)21-7-4-5-16-30-21)24-14-13-22(36-24)18-9-11-19(29)12-10-18/h2-14,16,26-27H,15,17H2,1H3,(H,31,34)(H,32,37). The van der Waals surface area contributed by atoms with Crippen molar-refractivity contribution in [1.82, 2.24) is 15.2 Å². The number of benzene rings is 2. The van der Waals surface area contributed by atoms with Crippen LogP contribution in [-0.2, 0) is 4.79 Å². The van der Waals surface area contributed by atoms with Crippen molar-refractivity contribution < 1.29 is 13.9 Å². The Balaban J connectivity index is 1.39. The van der Waals surface area contributed by atoms with E-state index in [0.29, 0.717) is 28.1 Å². The molecule has 5 rings (SSSR count). The highest BCUT2D eigenvalue weighted by Crippen LogP contribution is 2.40. The molecule has 1 amide bonds. The molecule has 4 aromatic rings. The third kappa shape index (κ3) is 5.45. The summed E-state index contributed by atoms with van der Waals surface area (Å²) < 4.78 is 11.7. The normalized spacial score (nSPS) is 16.9. The number of carbonyl (C=O) groups is 1. The number of rotatable bonds is 8. The highest BCUT2D eigenvalue weighted by Gasteiger charge is 2.41. The fraction of sp³-hybridized carbons (Fsp3) is 0.179. The van der Waals surface area contributed by atoms with E-state index < -0.39 is 0 Å². The lowest BCUT2D eigenvalue weighted by atomic mass is 10.0. The van der Waals surface area contributed by atoms with Gasteiger partial charge in [-0.05, 0) is 72.9 Å². The molecule has 0 radical (unpaired) electrons. The number of para-hydroxylation sites is 2. The number of nitrogens with one attached hydrogen (secondary N) is 2. The van der Waals surface area contributed by atoms with E-state index in [9.17, 15) is 4.79 Å². The number of aromatic nitrogens is 1. The molecule has 188 valence electrons. The van der Waals surface area contributed by atoms with E-state index in [4.69, 9.17) is 33.0 Å². The number of anilines is 1. The molecule has 2 unspecified atom stereocenters. The fourth-order valence-corrected chi connectivity index (χ4v) is 4.88. The predicted octanol–water partition coefficient (Wildman–Crippen LogP) is 6.00. The van der Waals surface area contributed by atoms with E-state index in [1.54, 1.807) is 25.4 Å². The van der Waals surface area contributed by atoms with E-state index in [0.717, 1.165) is 22.8 Å². The molecule has 1 aliphatic heterocycles. The number of methoxy groups -OCH3 is 1. The van der Waals surface area contributed by atoms with Crippen LogP contribution in [0, 0.1) is 0 Å². The lowest BCUT2D eigenvalue weighted by Crippen LogP contribution is -2.32. The van der Waals surface area contributed by atoms with Gasteiger partial charge in [0.1, 0.15) is 23.3 Å². The van der Waals surface area contributed by atoms with Gasteiger partial charge in [-0.25, -0.2) is 0 Å². The predicted molar refractivity (Wildman–Crippen MR) is 148 cm³/mol. The Morgan fingerprint density at radius 2 is 1.89 bits per heavy atom. The molecule has 2 N–H and O–H groups in total. The first-order chi connectivity index (χ1) is 18.0. The largest absolute Gasteiger partial charge is 0.495 e. The Morgan fingerprint density at radius 3 is 2.65 bits per heavy atom. The summed E-state index contributed by atoms with van der Waals surface area (Å²) in [5.74, 6) is 1.90. The second-order valence-corrected chi connectivity index (χ2v) is 9.35. The van der Waals surface area contributed by atoms with Crippen LogP contribution in [0.2, 0.25) is 5.02 Å². The summed E-state index contributed by atoms with van der Waals surface area (Å²) >= 11 is 11.8. The topological polar surface area (TPSA) is 79.6 Å². The Hall–Kier alpha value is -3.88. The number of amides is 1. The SMILES string of the molecule is COc1ccccc1NC(=O)CCN1C(=S)NC(c2ccccn2)C1c1ccc(-c2ccc(Cl)cc2)o1. The summed E-state index contributed by atoms with van der Waals surface area (Å²) in [6, 6.07) is 23.9. The first-order valence-electron chi connectivity index (χ1n) is 11.8. The number of carbonyl (C=O) groups excluding carboxylic acids is 1. The summed E-state index contributed by atoms with van der Waals surface area (Å²) in [4.78, 5) is 19.4. The third-order valence-corrected chi connectivity index (χ3v) is 6.81.